The van der Waals surface area contributed by atoms with Crippen molar-refractivity contribution in [3.63, 3.8) is 0 Å². The lowest BCUT2D eigenvalue weighted by Gasteiger charge is -2.28. The van der Waals surface area contributed by atoms with E-state index in [4.69, 9.17) is 0 Å². The topological polar surface area (TPSA) is 49.2 Å². The SMILES string of the molecule is CCN(CC(C)(C)O)c1nc(C)cc(C(C)C)n1. The van der Waals surface area contributed by atoms with E-state index in [1.807, 2.05) is 24.8 Å². The third-order valence-electron chi connectivity index (χ3n) is 2.70. The van der Waals surface area contributed by atoms with Gasteiger partial charge in [0.1, 0.15) is 0 Å². The molecule has 0 radical (unpaired) electrons. The van der Waals surface area contributed by atoms with Crippen LogP contribution in [0.25, 0.3) is 0 Å². The van der Waals surface area contributed by atoms with E-state index in [9.17, 15) is 5.11 Å². The number of rotatable bonds is 5. The van der Waals surface area contributed by atoms with Crippen LogP contribution in [-0.4, -0.2) is 33.8 Å². The number of hydrogen-bond donors (Lipinski definition) is 1. The van der Waals surface area contributed by atoms with Gasteiger partial charge >= 0.3 is 0 Å². The van der Waals surface area contributed by atoms with Gasteiger partial charge < -0.3 is 10.0 Å². The Balaban J connectivity index is 3.05. The fourth-order valence-corrected chi connectivity index (χ4v) is 1.80. The molecule has 1 N–H and O–H groups in total. The van der Waals surface area contributed by atoms with Gasteiger partial charge in [-0.05, 0) is 39.7 Å². The predicted molar refractivity (Wildman–Crippen MR) is 75.0 cm³/mol. The minimum absolute atomic E-state index is 0.381. The smallest absolute Gasteiger partial charge is 0.225 e. The first kappa shape index (κ1) is 14.9. The molecule has 0 amide bonds. The maximum atomic E-state index is 9.93. The molecule has 1 aromatic heterocycles. The molecule has 1 aromatic rings. The van der Waals surface area contributed by atoms with E-state index in [1.54, 1.807) is 13.8 Å². The van der Waals surface area contributed by atoms with E-state index in [0.29, 0.717) is 18.4 Å². The number of aromatic nitrogens is 2. The van der Waals surface area contributed by atoms with E-state index >= 15 is 0 Å². The molecule has 0 aliphatic carbocycles. The molecular weight excluding hydrogens is 226 g/mol. The van der Waals surface area contributed by atoms with Gasteiger partial charge in [-0.3, -0.25) is 0 Å². The van der Waals surface area contributed by atoms with Crippen LogP contribution in [0, 0.1) is 6.92 Å². The van der Waals surface area contributed by atoms with Crippen molar-refractivity contribution in [1.29, 1.82) is 0 Å². The van der Waals surface area contributed by atoms with Crippen LogP contribution < -0.4 is 4.90 Å². The number of hydrogen-bond acceptors (Lipinski definition) is 4. The van der Waals surface area contributed by atoms with Crippen molar-refractivity contribution in [3.05, 3.63) is 17.5 Å². The van der Waals surface area contributed by atoms with Crippen molar-refractivity contribution >= 4 is 5.95 Å². The lowest BCUT2D eigenvalue weighted by molar-refractivity contribution is 0.0872. The molecule has 0 aliphatic heterocycles. The quantitative estimate of drug-likeness (QED) is 0.873. The van der Waals surface area contributed by atoms with Crippen molar-refractivity contribution in [3.8, 4) is 0 Å². The molecule has 1 heterocycles. The van der Waals surface area contributed by atoms with Gasteiger partial charge in [0.2, 0.25) is 5.95 Å². The zero-order chi connectivity index (χ0) is 13.9. The Morgan fingerprint density at radius 1 is 1.33 bits per heavy atom. The van der Waals surface area contributed by atoms with Crippen molar-refractivity contribution in [2.75, 3.05) is 18.0 Å². The molecule has 102 valence electrons. The Bertz CT molecular complexity index is 397. The van der Waals surface area contributed by atoms with Crippen LogP contribution in [0.15, 0.2) is 6.07 Å². The second-order valence-corrected chi connectivity index (χ2v) is 5.72. The zero-order valence-corrected chi connectivity index (χ0v) is 12.4. The summed E-state index contributed by atoms with van der Waals surface area (Å²) < 4.78 is 0. The van der Waals surface area contributed by atoms with Crippen LogP contribution >= 0.6 is 0 Å². The van der Waals surface area contributed by atoms with Crippen LogP contribution in [0.3, 0.4) is 0 Å². The molecule has 18 heavy (non-hydrogen) atoms. The molecule has 0 atom stereocenters. The summed E-state index contributed by atoms with van der Waals surface area (Å²) in [6.45, 7) is 13.2. The minimum atomic E-state index is -0.749. The maximum absolute atomic E-state index is 9.93. The third-order valence-corrected chi connectivity index (χ3v) is 2.70. The molecule has 4 nitrogen and oxygen atoms in total. The summed E-state index contributed by atoms with van der Waals surface area (Å²) in [6.07, 6.45) is 0. The summed E-state index contributed by atoms with van der Waals surface area (Å²) in [5.41, 5.74) is 1.27. The first-order valence-electron chi connectivity index (χ1n) is 6.56. The lowest BCUT2D eigenvalue weighted by atomic mass is 10.1. The highest BCUT2D eigenvalue weighted by molar-refractivity contribution is 5.33. The molecule has 0 saturated heterocycles. The van der Waals surface area contributed by atoms with Gasteiger partial charge in [0, 0.05) is 24.5 Å². The largest absolute Gasteiger partial charge is 0.389 e. The predicted octanol–water partition coefficient (Wildman–Crippen LogP) is 2.51. The van der Waals surface area contributed by atoms with Gasteiger partial charge in [0.15, 0.2) is 0 Å². The molecule has 0 bridgehead atoms. The van der Waals surface area contributed by atoms with Crippen molar-refractivity contribution in [2.24, 2.45) is 0 Å². The van der Waals surface area contributed by atoms with E-state index in [2.05, 4.69) is 23.8 Å². The summed E-state index contributed by atoms with van der Waals surface area (Å²) in [6, 6.07) is 2.02. The minimum Gasteiger partial charge on any atom is -0.389 e. The Morgan fingerprint density at radius 2 is 1.94 bits per heavy atom. The first-order valence-corrected chi connectivity index (χ1v) is 6.56. The average Bonchev–Trinajstić information content (AvgIpc) is 2.23. The highest BCUT2D eigenvalue weighted by atomic mass is 16.3. The maximum Gasteiger partial charge on any atom is 0.225 e. The summed E-state index contributed by atoms with van der Waals surface area (Å²) >= 11 is 0. The molecule has 1 rings (SSSR count). The molecule has 0 unspecified atom stereocenters. The molecule has 4 heteroatoms. The number of likely N-dealkylation sites (N-methyl/N-ethyl adjacent to an activating group) is 1. The standard InChI is InChI=1S/C14H25N3O/c1-7-17(9-14(5,6)18)13-15-11(4)8-12(16-13)10(2)3/h8,10,18H,7,9H2,1-6H3. The molecule has 0 aliphatic rings. The lowest BCUT2D eigenvalue weighted by Crippen LogP contribution is -2.39. The van der Waals surface area contributed by atoms with Crippen LogP contribution in [0.5, 0.6) is 0 Å². The Labute approximate surface area is 110 Å². The second kappa shape index (κ2) is 5.65. The van der Waals surface area contributed by atoms with E-state index in [-0.39, 0.29) is 0 Å². The number of aryl methyl sites for hydroxylation is 1. The monoisotopic (exact) mass is 251 g/mol. The van der Waals surface area contributed by atoms with Gasteiger partial charge in [0.25, 0.3) is 0 Å². The molecule has 0 spiro atoms. The number of aliphatic hydroxyl groups is 1. The normalized spacial score (nSPS) is 12.0. The van der Waals surface area contributed by atoms with Crippen LogP contribution in [0.4, 0.5) is 5.95 Å². The third kappa shape index (κ3) is 4.26. The fraction of sp³-hybridized carbons (Fsp3) is 0.714. The highest BCUT2D eigenvalue weighted by Crippen LogP contribution is 2.18. The van der Waals surface area contributed by atoms with Crippen molar-refractivity contribution in [2.45, 2.75) is 53.1 Å². The van der Waals surface area contributed by atoms with Gasteiger partial charge in [-0.2, -0.15) is 0 Å². The summed E-state index contributed by atoms with van der Waals surface area (Å²) in [5.74, 6) is 1.09. The Kier molecular flexibility index (Phi) is 4.68. The van der Waals surface area contributed by atoms with E-state index in [1.165, 1.54) is 0 Å². The summed E-state index contributed by atoms with van der Waals surface area (Å²) in [5, 5.41) is 9.93. The zero-order valence-electron chi connectivity index (χ0n) is 12.4. The Morgan fingerprint density at radius 3 is 2.39 bits per heavy atom. The van der Waals surface area contributed by atoms with Crippen LogP contribution in [-0.2, 0) is 0 Å². The fourth-order valence-electron chi connectivity index (χ4n) is 1.80. The van der Waals surface area contributed by atoms with Gasteiger partial charge in [-0.25, -0.2) is 9.97 Å². The highest BCUT2D eigenvalue weighted by Gasteiger charge is 2.20. The number of nitrogens with zero attached hydrogens (tertiary/aromatic N) is 3. The van der Waals surface area contributed by atoms with Gasteiger partial charge in [-0.15, -0.1) is 0 Å². The number of anilines is 1. The second-order valence-electron chi connectivity index (χ2n) is 5.72. The Hall–Kier alpha value is -1.16. The van der Waals surface area contributed by atoms with E-state index in [0.717, 1.165) is 17.9 Å². The van der Waals surface area contributed by atoms with Gasteiger partial charge in [-0.1, -0.05) is 13.8 Å². The van der Waals surface area contributed by atoms with Crippen LogP contribution in [0.1, 0.15) is 51.9 Å². The first-order chi connectivity index (χ1) is 8.23. The molecule has 0 aromatic carbocycles. The molecule has 0 fully saturated rings. The molecule has 0 saturated carbocycles. The molecular formula is C14H25N3O. The van der Waals surface area contributed by atoms with Gasteiger partial charge in [0.05, 0.1) is 5.60 Å². The summed E-state index contributed by atoms with van der Waals surface area (Å²) in [4.78, 5) is 11.1. The van der Waals surface area contributed by atoms with Crippen molar-refractivity contribution < 1.29 is 5.11 Å². The van der Waals surface area contributed by atoms with Crippen molar-refractivity contribution in [1.82, 2.24) is 9.97 Å². The van der Waals surface area contributed by atoms with E-state index < -0.39 is 5.60 Å². The average molecular weight is 251 g/mol. The van der Waals surface area contributed by atoms with Crippen LogP contribution in [0.2, 0.25) is 0 Å². The summed E-state index contributed by atoms with van der Waals surface area (Å²) in [7, 11) is 0.